The van der Waals surface area contributed by atoms with Gasteiger partial charge in [-0.15, -0.1) is 0 Å². The third-order valence-electron chi connectivity index (χ3n) is 5.86. The lowest BCUT2D eigenvalue weighted by Gasteiger charge is -2.39. The quantitative estimate of drug-likeness (QED) is 0.388. The van der Waals surface area contributed by atoms with Gasteiger partial charge in [0.25, 0.3) is 16.6 Å². The molecular weight excluding hydrogens is 354 g/mol. The first-order valence-corrected chi connectivity index (χ1v) is 15.3. The van der Waals surface area contributed by atoms with Crippen molar-refractivity contribution >= 4 is 16.6 Å². The molecule has 0 aliphatic heterocycles. The van der Waals surface area contributed by atoms with Crippen molar-refractivity contribution in [1.29, 1.82) is 0 Å². The minimum absolute atomic E-state index is 0.119. The molecule has 0 N–H and O–H groups in total. The zero-order chi connectivity index (χ0) is 20.4. The number of nitrogens with zero attached hydrogens (tertiary/aromatic N) is 1. The van der Waals surface area contributed by atoms with E-state index in [9.17, 15) is 0 Å². The van der Waals surface area contributed by atoms with E-state index in [1.165, 1.54) is 0 Å². The number of rotatable bonds is 6. The maximum Gasteiger partial charge on any atom is 0.250 e. The minimum atomic E-state index is -1.98. The van der Waals surface area contributed by atoms with E-state index in [1.807, 2.05) is 6.07 Å². The van der Waals surface area contributed by atoms with E-state index < -0.39 is 16.6 Å². The molecule has 0 spiro atoms. The summed E-state index contributed by atoms with van der Waals surface area (Å²) in [7, 11) is -3.93. The Hall–Kier alpha value is -1.26. The Morgan fingerprint density at radius 2 is 1.31 bits per heavy atom. The van der Waals surface area contributed by atoms with Gasteiger partial charge in [-0.1, -0.05) is 47.6 Å². The second-order valence-electron chi connectivity index (χ2n) is 10.1. The third-order valence-corrected chi connectivity index (χ3v) is 14.5. The van der Waals surface area contributed by atoms with Gasteiger partial charge in [0.1, 0.15) is 11.5 Å². The molecule has 0 aliphatic carbocycles. The van der Waals surface area contributed by atoms with Crippen LogP contribution in [0.15, 0.2) is 18.2 Å². The van der Waals surface area contributed by atoms with Gasteiger partial charge in [-0.2, -0.15) is 0 Å². The van der Waals surface area contributed by atoms with Crippen molar-refractivity contribution in [2.24, 2.45) is 0 Å². The van der Waals surface area contributed by atoms with Gasteiger partial charge in [-0.05, 0) is 54.0 Å². The lowest BCUT2D eigenvalue weighted by molar-refractivity contribution is 0.440. The standard InChI is InChI=1S/C21H37NO2Si2/c1-20(2,3)25(8,9)23-18-13-12-17(14-15-22-7)16-19(18)24-26(10,11)21(4,5)6/h12-13,16H,14-15H2,1-6,8-11H3. The zero-order valence-electron chi connectivity index (χ0n) is 18.4. The zero-order valence-corrected chi connectivity index (χ0v) is 20.4. The van der Waals surface area contributed by atoms with Gasteiger partial charge in [0.2, 0.25) is 6.54 Å². The molecule has 0 radical (unpaired) electrons. The molecule has 3 nitrogen and oxygen atoms in total. The first kappa shape index (κ1) is 22.8. The van der Waals surface area contributed by atoms with Crippen molar-refractivity contribution in [2.45, 2.75) is 84.2 Å². The lowest BCUT2D eigenvalue weighted by atomic mass is 10.1. The van der Waals surface area contributed by atoms with Gasteiger partial charge in [0.05, 0.1) is 0 Å². The van der Waals surface area contributed by atoms with E-state index >= 15 is 0 Å². The summed E-state index contributed by atoms with van der Waals surface area (Å²) in [5.41, 5.74) is 1.14. The Kier molecular flexibility index (Phi) is 6.81. The van der Waals surface area contributed by atoms with Crippen molar-refractivity contribution in [2.75, 3.05) is 6.54 Å². The van der Waals surface area contributed by atoms with Crippen LogP contribution in [0.3, 0.4) is 0 Å². The molecule has 146 valence electrons. The fraction of sp³-hybridized carbons (Fsp3) is 0.667. The molecule has 1 aromatic rings. The van der Waals surface area contributed by atoms with Gasteiger partial charge in [0, 0.05) is 6.42 Å². The Labute approximate surface area is 163 Å². The molecule has 0 amide bonds. The molecule has 0 aliphatic rings. The maximum atomic E-state index is 7.04. The summed E-state index contributed by atoms with van der Waals surface area (Å²) in [6, 6.07) is 6.21. The highest BCUT2D eigenvalue weighted by Gasteiger charge is 2.42. The van der Waals surface area contributed by atoms with E-state index in [2.05, 4.69) is 84.7 Å². The van der Waals surface area contributed by atoms with E-state index in [1.54, 1.807) is 0 Å². The summed E-state index contributed by atoms with van der Waals surface area (Å²) in [6.07, 6.45) is 0.748. The van der Waals surface area contributed by atoms with Crippen LogP contribution in [0.5, 0.6) is 11.5 Å². The van der Waals surface area contributed by atoms with Crippen molar-refractivity contribution in [3.8, 4) is 11.5 Å². The second-order valence-corrected chi connectivity index (χ2v) is 19.6. The van der Waals surface area contributed by atoms with Gasteiger partial charge in [-0.3, -0.25) is 0 Å². The second kappa shape index (κ2) is 7.78. The summed E-state index contributed by atoms with van der Waals surface area (Å²) in [6.45, 7) is 30.1. The van der Waals surface area contributed by atoms with Gasteiger partial charge in [-0.25, -0.2) is 6.57 Å². The molecular formula is C21H37NO2Si2. The number of benzene rings is 1. The highest BCUT2D eigenvalue weighted by atomic mass is 28.4. The molecule has 0 saturated carbocycles. The molecule has 5 heteroatoms. The predicted molar refractivity (Wildman–Crippen MR) is 117 cm³/mol. The van der Waals surface area contributed by atoms with Crippen LogP contribution in [0.25, 0.3) is 4.85 Å². The lowest BCUT2D eigenvalue weighted by Crippen LogP contribution is -2.45. The normalized spacial score (nSPS) is 13.3. The first-order valence-electron chi connectivity index (χ1n) is 9.45. The molecule has 26 heavy (non-hydrogen) atoms. The summed E-state index contributed by atoms with van der Waals surface area (Å²) >= 11 is 0. The SMILES string of the molecule is [C-]#[N+]CCc1ccc(O[Si](C)(C)C(C)(C)C)c(O[Si](C)(C)C(C)(C)C)c1. The van der Waals surface area contributed by atoms with Crippen molar-refractivity contribution in [3.63, 3.8) is 0 Å². The van der Waals surface area contributed by atoms with Crippen LogP contribution < -0.4 is 8.85 Å². The minimum Gasteiger partial charge on any atom is -0.541 e. The van der Waals surface area contributed by atoms with E-state index in [0.29, 0.717) is 6.54 Å². The summed E-state index contributed by atoms with van der Waals surface area (Å²) in [4.78, 5) is 3.48. The van der Waals surface area contributed by atoms with Gasteiger partial charge in [0.15, 0.2) is 0 Å². The van der Waals surface area contributed by atoms with Crippen molar-refractivity contribution < 1.29 is 8.85 Å². The maximum absolute atomic E-state index is 7.04. The van der Waals surface area contributed by atoms with E-state index in [-0.39, 0.29) is 10.1 Å². The summed E-state index contributed by atoms with van der Waals surface area (Å²) < 4.78 is 13.2. The summed E-state index contributed by atoms with van der Waals surface area (Å²) in [5, 5.41) is 0.248. The highest BCUT2D eigenvalue weighted by Crippen LogP contribution is 2.43. The molecule has 1 rings (SSSR count). The Bertz CT molecular complexity index is 662. The fourth-order valence-corrected chi connectivity index (χ4v) is 3.95. The van der Waals surface area contributed by atoms with Crippen LogP contribution in [-0.2, 0) is 6.42 Å². The van der Waals surface area contributed by atoms with Crippen LogP contribution in [0.2, 0.25) is 36.3 Å². The average molecular weight is 392 g/mol. The molecule has 0 atom stereocenters. The monoisotopic (exact) mass is 391 g/mol. The predicted octanol–water partition coefficient (Wildman–Crippen LogP) is 6.92. The van der Waals surface area contributed by atoms with Crippen LogP contribution in [0, 0.1) is 6.57 Å². The molecule has 0 aromatic heterocycles. The van der Waals surface area contributed by atoms with Crippen molar-refractivity contribution in [3.05, 3.63) is 35.2 Å². The molecule has 0 fully saturated rings. The molecule has 0 saturated heterocycles. The molecule has 0 heterocycles. The number of hydrogen-bond acceptors (Lipinski definition) is 2. The highest BCUT2D eigenvalue weighted by molar-refractivity contribution is 6.75. The molecule has 1 aromatic carbocycles. The fourth-order valence-electron chi connectivity index (χ4n) is 1.91. The largest absolute Gasteiger partial charge is 0.541 e. The van der Waals surface area contributed by atoms with Crippen LogP contribution in [-0.4, -0.2) is 23.2 Å². The smallest absolute Gasteiger partial charge is 0.250 e. The summed E-state index contributed by atoms with van der Waals surface area (Å²) in [5.74, 6) is 1.71. The Morgan fingerprint density at radius 3 is 1.73 bits per heavy atom. The Morgan fingerprint density at radius 1 is 0.846 bits per heavy atom. The first-order chi connectivity index (χ1) is 11.6. The van der Waals surface area contributed by atoms with Crippen LogP contribution >= 0.6 is 0 Å². The Balaban J connectivity index is 3.31. The van der Waals surface area contributed by atoms with Gasteiger partial charge < -0.3 is 13.7 Å². The number of hydrogen-bond donors (Lipinski definition) is 0. The molecule has 0 unspecified atom stereocenters. The van der Waals surface area contributed by atoms with E-state index in [0.717, 1.165) is 23.5 Å². The van der Waals surface area contributed by atoms with Crippen molar-refractivity contribution in [1.82, 2.24) is 0 Å². The topological polar surface area (TPSA) is 22.8 Å². The van der Waals surface area contributed by atoms with Crippen LogP contribution in [0.1, 0.15) is 47.1 Å². The van der Waals surface area contributed by atoms with E-state index in [4.69, 9.17) is 15.4 Å². The van der Waals surface area contributed by atoms with Gasteiger partial charge >= 0.3 is 0 Å². The average Bonchev–Trinajstić information content (AvgIpc) is 2.44. The molecule has 0 bridgehead atoms. The third kappa shape index (κ3) is 5.62. The van der Waals surface area contributed by atoms with Crippen LogP contribution in [0.4, 0.5) is 0 Å².